The molecule has 0 bridgehead atoms. The Bertz CT molecular complexity index is 669. The van der Waals surface area contributed by atoms with Gasteiger partial charge in [0.1, 0.15) is 0 Å². The molecule has 0 saturated heterocycles. The van der Waals surface area contributed by atoms with Crippen LogP contribution in [0.1, 0.15) is 24.8 Å². The third-order valence-corrected chi connectivity index (χ3v) is 5.44. The summed E-state index contributed by atoms with van der Waals surface area (Å²) in [6.07, 6.45) is 7.46. The molecule has 0 spiro atoms. The lowest BCUT2D eigenvalue weighted by atomic mass is 9.94. The van der Waals surface area contributed by atoms with Crippen molar-refractivity contribution in [3.8, 4) is 0 Å². The van der Waals surface area contributed by atoms with E-state index in [9.17, 15) is 13.2 Å². The lowest BCUT2D eigenvalue weighted by Gasteiger charge is -2.18. The van der Waals surface area contributed by atoms with Gasteiger partial charge in [0.05, 0.1) is 4.90 Å². The van der Waals surface area contributed by atoms with Gasteiger partial charge in [-0.25, -0.2) is 17.9 Å². The zero-order valence-corrected chi connectivity index (χ0v) is 14.7. The fraction of sp³-hybridized carbons (Fsp3) is 0.471. The maximum Gasteiger partial charge on any atom is 0.314 e. The van der Waals surface area contributed by atoms with Gasteiger partial charge in [0.15, 0.2) is 0 Å². The van der Waals surface area contributed by atoms with E-state index in [1.165, 1.54) is 0 Å². The van der Waals surface area contributed by atoms with E-state index in [1.807, 2.05) is 6.92 Å². The van der Waals surface area contributed by atoms with Crippen LogP contribution in [0.15, 0.2) is 41.3 Å². The first-order valence-corrected chi connectivity index (χ1v) is 9.69. The zero-order chi connectivity index (χ0) is 17.4. The molecule has 0 fully saturated rings. The van der Waals surface area contributed by atoms with Gasteiger partial charge in [0.25, 0.3) is 0 Å². The lowest BCUT2D eigenvalue weighted by Crippen LogP contribution is -2.41. The number of amides is 2. The Labute approximate surface area is 143 Å². The van der Waals surface area contributed by atoms with E-state index in [0.717, 1.165) is 24.8 Å². The highest BCUT2D eigenvalue weighted by Gasteiger charge is 2.13. The Morgan fingerprint density at radius 2 is 1.88 bits per heavy atom. The summed E-state index contributed by atoms with van der Waals surface area (Å²) in [6, 6.07) is 6.37. The summed E-state index contributed by atoms with van der Waals surface area (Å²) in [5, 5.41) is 5.49. The number of hydrogen-bond acceptors (Lipinski definition) is 3. The summed E-state index contributed by atoms with van der Waals surface area (Å²) >= 11 is 0. The molecule has 1 aliphatic carbocycles. The van der Waals surface area contributed by atoms with E-state index >= 15 is 0 Å². The van der Waals surface area contributed by atoms with Gasteiger partial charge in [0, 0.05) is 19.6 Å². The standard InChI is InChI=1S/C17H25N3O3S/c1-14-7-9-16(10-8-14)24(22,23)20-12-11-18-17(21)19-13-15-5-3-2-4-6-15/h2-3,7-10,15,20H,4-6,11-13H2,1H3,(H2,18,19,21). The number of aryl methyl sites for hydroxylation is 1. The Balaban J connectivity index is 1.65. The molecule has 132 valence electrons. The number of carbonyl (C=O) groups is 1. The van der Waals surface area contributed by atoms with Crippen molar-refractivity contribution in [2.75, 3.05) is 19.6 Å². The van der Waals surface area contributed by atoms with E-state index in [1.54, 1.807) is 24.3 Å². The molecule has 1 aromatic rings. The number of nitrogens with one attached hydrogen (secondary N) is 3. The Morgan fingerprint density at radius 1 is 1.12 bits per heavy atom. The third-order valence-electron chi connectivity index (χ3n) is 3.96. The SMILES string of the molecule is Cc1ccc(S(=O)(=O)NCCNC(=O)NCC2CC=CCC2)cc1. The minimum atomic E-state index is -3.53. The van der Waals surface area contributed by atoms with Gasteiger partial charge in [-0.15, -0.1) is 0 Å². The first-order valence-electron chi connectivity index (χ1n) is 8.20. The first-order chi connectivity index (χ1) is 11.5. The van der Waals surface area contributed by atoms with Crippen LogP contribution >= 0.6 is 0 Å². The smallest absolute Gasteiger partial charge is 0.314 e. The Kier molecular flexibility index (Phi) is 6.81. The normalized spacial score (nSPS) is 17.5. The summed E-state index contributed by atoms with van der Waals surface area (Å²) in [4.78, 5) is 11.9. The summed E-state index contributed by atoms with van der Waals surface area (Å²) < 4.78 is 26.6. The molecule has 0 heterocycles. The van der Waals surface area contributed by atoms with Crippen molar-refractivity contribution in [2.24, 2.45) is 5.92 Å². The van der Waals surface area contributed by atoms with Crippen LogP contribution in [0, 0.1) is 12.8 Å². The van der Waals surface area contributed by atoms with Crippen molar-refractivity contribution in [2.45, 2.75) is 31.1 Å². The van der Waals surface area contributed by atoms with Gasteiger partial charge < -0.3 is 10.6 Å². The highest BCUT2D eigenvalue weighted by molar-refractivity contribution is 7.89. The molecular weight excluding hydrogens is 326 g/mol. The molecule has 1 atom stereocenters. The quantitative estimate of drug-likeness (QED) is 0.518. The van der Waals surface area contributed by atoms with E-state index in [4.69, 9.17) is 0 Å². The summed E-state index contributed by atoms with van der Waals surface area (Å²) in [5.41, 5.74) is 1.00. The molecule has 3 N–H and O–H groups in total. The second-order valence-corrected chi connectivity index (χ2v) is 7.77. The predicted octanol–water partition coefficient (Wildman–Crippen LogP) is 1.93. The van der Waals surface area contributed by atoms with Gasteiger partial charge in [-0.3, -0.25) is 0 Å². The van der Waals surface area contributed by atoms with Crippen molar-refractivity contribution in [1.29, 1.82) is 0 Å². The van der Waals surface area contributed by atoms with Crippen molar-refractivity contribution in [3.05, 3.63) is 42.0 Å². The second kappa shape index (κ2) is 8.84. The van der Waals surface area contributed by atoms with Crippen LogP contribution in [-0.4, -0.2) is 34.1 Å². The van der Waals surface area contributed by atoms with Crippen LogP contribution < -0.4 is 15.4 Å². The molecule has 0 saturated carbocycles. The van der Waals surface area contributed by atoms with E-state index in [2.05, 4.69) is 27.5 Å². The van der Waals surface area contributed by atoms with Gasteiger partial charge in [-0.1, -0.05) is 29.8 Å². The fourth-order valence-electron chi connectivity index (χ4n) is 2.50. The van der Waals surface area contributed by atoms with Crippen LogP contribution in [-0.2, 0) is 10.0 Å². The number of rotatable bonds is 7. The van der Waals surface area contributed by atoms with Crippen LogP contribution in [0.5, 0.6) is 0 Å². The molecule has 1 unspecified atom stereocenters. The highest BCUT2D eigenvalue weighted by Crippen LogP contribution is 2.16. The number of allylic oxidation sites excluding steroid dienone is 2. The van der Waals surface area contributed by atoms with Crippen molar-refractivity contribution in [3.63, 3.8) is 0 Å². The molecule has 1 aliphatic rings. The Morgan fingerprint density at radius 3 is 2.54 bits per heavy atom. The minimum absolute atomic E-state index is 0.149. The molecule has 0 radical (unpaired) electrons. The third kappa shape index (κ3) is 5.98. The maximum atomic E-state index is 12.1. The molecule has 0 aliphatic heterocycles. The monoisotopic (exact) mass is 351 g/mol. The molecule has 0 aromatic heterocycles. The first kappa shape index (κ1) is 18.5. The van der Waals surface area contributed by atoms with Crippen molar-refractivity contribution < 1.29 is 13.2 Å². The molecule has 2 amide bonds. The van der Waals surface area contributed by atoms with Gasteiger partial charge >= 0.3 is 6.03 Å². The van der Waals surface area contributed by atoms with E-state index in [0.29, 0.717) is 12.5 Å². The van der Waals surface area contributed by atoms with Crippen LogP contribution in [0.25, 0.3) is 0 Å². The highest BCUT2D eigenvalue weighted by atomic mass is 32.2. The molecule has 6 nitrogen and oxygen atoms in total. The average Bonchev–Trinajstić information content (AvgIpc) is 2.58. The van der Waals surface area contributed by atoms with Crippen LogP contribution in [0.2, 0.25) is 0 Å². The van der Waals surface area contributed by atoms with Gasteiger partial charge in [-0.2, -0.15) is 0 Å². The fourth-order valence-corrected chi connectivity index (χ4v) is 3.54. The molecule has 24 heavy (non-hydrogen) atoms. The lowest BCUT2D eigenvalue weighted by molar-refractivity contribution is 0.238. The Hall–Kier alpha value is -1.86. The summed E-state index contributed by atoms with van der Waals surface area (Å²) in [7, 11) is -3.53. The van der Waals surface area contributed by atoms with Crippen LogP contribution in [0.4, 0.5) is 4.79 Å². The summed E-state index contributed by atoms with van der Waals surface area (Å²) in [5.74, 6) is 0.487. The number of benzene rings is 1. The largest absolute Gasteiger partial charge is 0.338 e. The summed E-state index contributed by atoms with van der Waals surface area (Å²) in [6.45, 7) is 2.93. The topological polar surface area (TPSA) is 87.3 Å². The minimum Gasteiger partial charge on any atom is -0.338 e. The number of carbonyl (C=O) groups excluding carboxylic acids is 1. The number of urea groups is 1. The van der Waals surface area contributed by atoms with Crippen molar-refractivity contribution in [1.82, 2.24) is 15.4 Å². The van der Waals surface area contributed by atoms with Gasteiger partial charge in [-0.05, 0) is 44.2 Å². The zero-order valence-electron chi connectivity index (χ0n) is 13.9. The second-order valence-electron chi connectivity index (χ2n) is 6.00. The van der Waals surface area contributed by atoms with Crippen LogP contribution in [0.3, 0.4) is 0 Å². The molecular formula is C17H25N3O3S. The molecule has 1 aromatic carbocycles. The predicted molar refractivity (Wildman–Crippen MR) is 94.2 cm³/mol. The number of hydrogen-bond donors (Lipinski definition) is 3. The molecule has 2 rings (SSSR count). The van der Waals surface area contributed by atoms with E-state index < -0.39 is 10.0 Å². The van der Waals surface area contributed by atoms with Crippen molar-refractivity contribution >= 4 is 16.1 Å². The van der Waals surface area contributed by atoms with E-state index in [-0.39, 0.29) is 24.0 Å². The van der Waals surface area contributed by atoms with Gasteiger partial charge in [0.2, 0.25) is 10.0 Å². The number of sulfonamides is 1. The average molecular weight is 351 g/mol. The molecule has 7 heteroatoms. The maximum absolute atomic E-state index is 12.1.